The van der Waals surface area contributed by atoms with Crippen molar-refractivity contribution in [2.75, 3.05) is 7.05 Å². The Morgan fingerprint density at radius 1 is 1.42 bits per heavy atom. The number of likely N-dealkylation sites (N-methyl/N-ethyl adjacent to an activating group) is 1. The van der Waals surface area contributed by atoms with Crippen LogP contribution in [-0.4, -0.2) is 23.2 Å². The Balaban J connectivity index is 1.92. The fourth-order valence-corrected chi connectivity index (χ4v) is 2.28. The van der Waals surface area contributed by atoms with E-state index in [0.29, 0.717) is 28.8 Å². The zero-order chi connectivity index (χ0) is 13.7. The maximum atomic E-state index is 13.4. The van der Waals surface area contributed by atoms with Crippen LogP contribution in [0.5, 0.6) is 0 Å². The number of nitrogens with one attached hydrogen (secondary N) is 1. The molecule has 102 valence electrons. The van der Waals surface area contributed by atoms with Crippen molar-refractivity contribution in [3.8, 4) is 0 Å². The van der Waals surface area contributed by atoms with Gasteiger partial charge in [0, 0.05) is 17.4 Å². The summed E-state index contributed by atoms with van der Waals surface area (Å²) in [6.07, 6.45) is 0.688. The van der Waals surface area contributed by atoms with Gasteiger partial charge in [-0.15, -0.1) is 11.8 Å². The zero-order valence-corrected chi connectivity index (χ0v) is 11.7. The predicted octanol–water partition coefficient (Wildman–Crippen LogP) is 2.65. The molecule has 1 unspecified atom stereocenters. The van der Waals surface area contributed by atoms with E-state index >= 15 is 0 Å². The number of hydrogen-bond donors (Lipinski definition) is 1. The van der Waals surface area contributed by atoms with Crippen LogP contribution in [0, 0.1) is 5.82 Å². The van der Waals surface area contributed by atoms with Crippen molar-refractivity contribution in [2.24, 2.45) is 0 Å². The predicted molar refractivity (Wildman–Crippen MR) is 72.5 cm³/mol. The van der Waals surface area contributed by atoms with E-state index in [1.807, 2.05) is 20.0 Å². The van der Waals surface area contributed by atoms with Crippen molar-refractivity contribution in [2.45, 2.75) is 30.0 Å². The molecule has 0 amide bonds. The van der Waals surface area contributed by atoms with Crippen LogP contribution in [-0.2, 0) is 12.2 Å². The summed E-state index contributed by atoms with van der Waals surface area (Å²) in [6, 6.07) is 6.95. The molecule has 4 nitrogen and oxygen atoms in total. The van der Waals surface area contributed by atoms with Crippen LogP contribution in [0.3, 0.4) is 0 Å². The fourth-order valence-electron chi connectivity index (χ4n) is 1.50. The highest BCUT2D eigenvalue weighted by Gasteiger charge is 2.10. The minimum Gasteiger partial charge on any atom is -0.339 e. The fraction of sp³-hybridized carbons (Fsp3) is 0.385. The van der Waals surface area contributed by atoms with Crippen molar-refractivity contribution in [1.29, 1.82) is 0 Å². The summed E-state index contributed by atoms with van der Waals surface area (Å²) >= 11 is 1.36. The van der Waals surface area contributed by atoms with Gasteiger partial charge in [0.1, 0.15) is 5.82 Å². The molecule has 1 N–H and O–H groups in total. The Bertz CT molecular complexity index is 532. The molecule has 0 fully saturated rings. The summed E-state index contributed by atoms with van der Waals surface area (Å²) in [5.74, 6) is 1.47. The Kier molecular flexibility index (Phi) is 4.93. The van der Waals surface area contributed by atoms with Crippen molar-refractivity contribution < 1.29 is 8.91 Å². The lowest BCUT2D eigenvalue weighted by Gasteiger charge is -2.04. The Morgan fingerprint density at radius 2 is 2.21 bits per heavy atom. The smallest absolute Gasteiger partial charge is 0.228 e. The number of halogens is 1. The molecule has 2 aromatic rings. The first-order valence-corrected chi connectivity index (χ1v) is 7.03. The van der Waals surface area contributed by atoms with Gasteiger partial charge in [-0.2, -0.15) is 4.98 Å². The van der Waals surface area contributed by atoms with Gasteiger partial charge in [0.15, 0.2) is 5.82 Å². The molecule has 0 saturated heterocycles. The van der Waals surface area contributed by atoms with Gasteiger partial charge < -0.3 is 9.84 Å². The van der Waals surface area contributed by atoms with Gasteiger partial charge in [0.2, 0.25) is 5.89 Å². The summed E-state index contributed by atoms with van der Waals surface area (Å²) < 4.78 is 18.6. The first-order chi connectivity index (χ1) is 9.19. The van der Waals surface area contributed by atoms with E-state index < -0.39 is 0 Å². The first kappa shape index (κ1) is 14.0. The van der Waals surface area contributed by atoms with E-state index in [1.54, 1.807) is 12.1 Å². The maximum absolute atomic E-state index is 13.4. The van der Waals surface area contributed by atoms with Gasteiger partial charge in [0.25, 0.3) is 0 Å². The number of aromatic nitrogens is 2. The van der Waals surface area contributed by atoms with Crippen LogP contribution < -0.4 is 5.32 Å². The summed E-state index contributed by atoms with van der Waals surface area (Å²) in [5, 5.41) is 7.00. The van der Waals surface area contributed by atoms with E-state index in [2.05, 4.69) is 15.5 Å². The molecule has 0 aliphatic carbocycles. The van der Waals surface area contributed by atoms with E-state index in [1.165, 1.54) is 17.8 Å². The molecule has 1 heterocycles. The SMILES string of the molecule is CNC(C)Cc1nc(CSc2ccccc2F)no1. The van der Waals surface area contributed by atoms with Gasteiger partial charge in [-0.05, 0) is 26.1 Å². The molecule has 0 radical (unpaired) electrons. The number of nitrogens with zero attached hydrogens (tertiary/aromatic N) is 2. The molecule has 6 heteroatoms. The third-order valence-electron chi connectivity index (χ3n) is 2.68. The lowest BCUT2D eigenvalue weighted by Crippen LogP contribution is -2.23. The first-order valence-electron chi connectivity index (χ1n) is 6.05. The molecular formula is C13H16FN3OS. The molecular weight excluding hydrogens is 265 g/mol. The van der Waals surface area contributed by atoms with E-state index in [-0.39, 0.29) is 11.9 Å². The van der Waals surface area contributed by atoms with Crippen LogP contribution >= 0.6 is 11.8 Å². The second-order valence-corrected chi connectivity index (χ2v) is 5.23. The summed E-state index contributed by atoms with van der Waals surface area (Å²) in [5.41, 5.74) is 0. The second kappa shape index (κ2) is 6.68. The minimum absolute atomic E-state index is 0.222. The van der Waals surface area contributed by atoms with Crippen LogP contribution in [0.2, 0.25) is 0 Å². The number of hydrogen-bond acceptors (Lipinski definition) is 5. The van der Waals surface area contributed by atoms with Gasteiger partial charge in [-0.1, -0.05) is 17.3 Å². The lowest BCUT2D eigenvalue weighted by molar-refractivity contribution is 0.362. The summed E-state index contributed by atoms with van der Waals surface area (Å²) in [6.45, 7) is 2.04. The average molecular weight is 281 g/mol. The van der Waals surface area contributed by atoms with Crippen LogP contribution in [0.15, 0.2) is 33.7 Å². The molecule has 1 aromatic heterocycles. The third kappa shape index (κ3) is 4.04. The zero-order valence-electron chi connectivity index (χ0n) is 10.9. The van der Waals surface area contributed by atoms with Gasteiger partial charge in [-0.25, -0.2) is 4.39 Å². The van der Waals surface area contributed by atoms with Crippen LogP contribution in [0.25, 0.3) is 0 Å². The molecule has 1 aromatic carbocycles. The topological polar surface area (TPSA) is 51.0 Å². The van der Waals surface area contributed by atoms with Crippen LogP contribution in [0.4, 0.5) is 4.39 Å². The number of thioether (sulfide) groups is 1. The largest absolute Gasteiger partial charge is 0.339 e. The average Bonchev–Trinajstić information content (AvgIpc) is 2.85. The summed E-state index contributed by atoms with van der Waals surface area (Å²) in [4.78, 5) is 4.88. The highest BCUT2D eigenvalue weighted by atomic mass is 32.2. The quantitative estimate of drug-likeness (QED) is 0.825. The van der Waals surface area contributed by atoms with Crippen LogP contribution in [0.1, 0.15) is 18.6 Å². The van der Waals surface area contributed by atoms with Crippen molar-refractivity contribution in [3.63, 3.8) is 0 Å². The van der Waals surface area contributed by atoms with Gasteiger partial charge in [-0.3, -0.25) is 0 Å². The standard InChI is InChI=1S/C13H16FN3OS/c1-9(15-2)7-13-16-12(17-18-13)8-19-11-6-4-3-5-10(11)14/h3-6,9,15H,7-8H2,1-2H3. The van der Waals surface area contributed by atoms with Gasteiger partial charge >= 0.3 is 0 Å². The lowest BCUT2D eigenvalue weighted by atomic mass is 10.2. The molecule has 0 spiro atoms. The Hall–Kier alpha value is -1.40. The molecule has 1 atom stereocenters. The highest BCUT2D eigenvalue weighted by molar-refractivity contribution is 7.98. The minimum atomic E-state index is -0.222. The second-order valence-electron chi connectivity index (χ2n) is 4.22. The maximum Gasteiger partial charge on any atom is 0.228 e. The Morgan fingerprint density at radius 3 is 2.95 bits per heavy atom. The summed E-state index contributed by atoms with van der Waals surface area (Å²) in [7, 11) is 1.88. The number of rotatable bonds is 6. The molecule has 19 heavy (non-hydrogen) atoms. The van der Waals surface area contributed by atoms with E-state index in [9.17, 15) is 4.39 Å². The molecule has 2 rings (SSSR count). The third-order valence-corrected chi connectivity index (χ3v) is 3.72. The van der Waals surface area contributed by atoms with E-state index in [0.717, 1.165) is 0 Å². The molecule has 0 bridgehead atoms. The van der Waals surface area contributed by atoms with Crippen molar-refractivity contribution >= 4 is 11.8 Å². The van der Waals surface area contributed by atoms with Crippen molar-refractivity contribution in [3.05, 3.63) is 41.8 Å². The normalized spacial score (nSPS) is 12.6. The Labute approximate surface area is 115 Å². The monoisotopic (exact) mass is 281 g/mol. The van der Waals surface area contributed by atoms with E-state index in [4.69, 9.17) is 4.52 Å². The molecule has 0 saturated carbocycles. The van der Waals surface area contributed by atoms with Gasteiger partial charge in [0.05, 0.1) is 5.75 Å². The molecule has 0 aliphatic heterocycles. The molecule has 0 aliphatic rings. The number of benzene rings is 1. The highest BCUT2D eigenvalue weighted by Crippen LogP contribution is 2.24. The van der Waals surface area contributed by atoms with Crippen molar-refractivity contribution in [1.82, 2.24) is 15.5 Å².